The summed E-state index contributed by atoms with van der Waals surface area (Å²) in [5.74, 6) is -4.51. The number of nitro benzene ring substituents is 2. The Bertz CT molecular complexity index is 1320. The topological polar surface area (TPSA) is 219 Å². The Labute approximate surface area is 200 Å². The lowest BCUT2D eigenvalue weighted by Crippen LogP contribution is -2.17. The first-order chi connectivity index (χ1) is 17.0. The zero-order chi connectivity index (χ0) is 26.6. The molecule has 0 fully saturated rings. The van der Waals surface area contributed by atoms with Gasteiger partial charge in [-0.25, -0.2) is 9.59 Å². The van der Waals surface area contributed by atoms with Crippen molar-refractivity contribution in [2.45, 2.75) is 0 Å². The molecule has 0 heterocycles. The number of carbonyl (C=O) groups excluding carboxylic acids is 2. The van der Waals surface area contributed by atoms with Crippen LogP contribution in [0.25, 0.3) is 0 Å². The van der Waals surface area contributed by atoms with Crippen molar-refractivity contribution in [3.63, 3.8) is 0 Å². The summed E-state index contributed by atoms with van der Waals surface area (Å²) in [4.78, 5) is 68.0. The minimum atomic E-state index is -1.49. The van der Waals surface area contributed by atoms with Crippen LogP contribution in [-0.4, -0.2) is 43.8 Å². The van der Waals surface area contributed by atoms with Crippen molar-refractivity contribution in [2.75, 3.05) is 10.6 Å². The lowest BCUT2D eigenvalue weighted by molar-refractivity contribution is -0.385. The van der Waals surface area contributed by atoms with Gasteiger partial charge in [0.2, 0.25) is 0 Å². The number of nitrogens with zero attached hydrogens (tertiary/aromatic N) is 2. The van der Waals surface area contributed by atoms with E-state index in [0.717, 1.165) is 36.4 Å². The number of benzene rings is 3. The lowest BCUT2D eigenvalue weighted by Gasteiger charge is -2.10. The summed E-state index contributed by atoms with van der Waals surface area (Å²) in [6.45, 7) is 0. The molecular formula is C22H14N4O10. The van der Waals surface area contributed by atoms with E-state index < -0.39 is 56.1 Å². The molecule has 0 aliphatic heterocycles. The molecule has 3 aromatic rings. The van der Waals surface area contributed by atoms with E-state index in [0.29, 0.717) is 0 Å². The van der Waals surface area contributed by atoms with Crippen LogP contribution in [0.5, 0.6) is 0 Å². The molecule has 0 atom stereocenters. The van der Waals surface area contributed by atoms with E-state index in [1.807, 2.05) is 0 Å². The molecule has 2 amide bonds. The molecule has 4 N–H and O–H groups in total. The maximum atomic E-state index is 12.5. The predicted molar refractivity (Wildman–Crippen MR) is 122 cm³/mol. The van der Waals surface area contributed by atoms with E-state index in [1.165, 1.54) is 24.3 Å². The normalized spacial score (nSPS) is 10.2. The van der Waals surface area contributed by atoms with E-state index in [9.17, 15) is 49.6 Å². The Balaban J connectivity index is 1.78. The van der Waals surface area contributed by atoms with Gasteiger partial charge in [-0.15, -0.1) is 0 Å². The third-order valence-corrected chi connectivity index (χ3v) is 4.79. The van der Waals surface area contributed by atoms with Gasteiger partial charge in [-0.2, -0.15) is 0 Å². The van der Waals surface area contributed by atoms with Crippen molar-refractivity contribution >= 4 is 46.5 Å². The molecule has 182 valence electrons. The van der Waals surface area contributed by atoms with Crippen LogP contribution in [0, 0.1) is 20.2 Å². The van der Waals surface area contributed by atoms with Crippen molar-refractivity contribution < 1.29 is 39.2 Å². The first kappa shape index (κ1) is 25.0. The monoisotopic (exact) mass is 494 g/mol. The summed E-state index contributed by atoms with van der Waals surface area (Å²) in [7, 11) is 0. The zero-order valence-electron chi connectivity index (χ0n) is 17.8. The van der Waals surface area contributed by atoms with Gasteiger partial charge in [0.1, 0.15) is 0 Å². The molecule has 14 nitrogen and oxygen atoms in total. The smallest absolute Gasteiger partial charge is 0.338 e. The molecule has 0 saturated carbocycles. The van der Waals surface area contributed by atoms with Crippen LogP contribution in [0.1, 0.15) is 41.4 Å². The van der Waals surface area contributed by atoms with E-state index in [-0.39, 0.29) is 22.5 Å². The van der Waals surface area contributed by atoms with Crippen molar-refractivity contribution in [1.29, 1.82) is 0 Å². The van der Waals surface area contributed by atoms with Gasteiger partial charge in [0.05, 0.1) is 32.3 Å². The van der Waals surface area contributed by atoms with Gasteiger partial charge in [-0.05, 0) is 36.4 Å². The van der Waals surface area contributed by atoms with E-state index in [2.05, 4.69) is 10.6 Å². The third-order valence-electron chi connectivity index (χ3n) is 4.79. The molecule has 36 heavy (non-hydrogen) atoms. The number of nitro groups is 2. The number of hydrogen-bond donors (Lipinski definition) is 4. The van der Waals surface area contributed by atoms with Gasteiger partial charge < -0.3 is 20.8 Å². The molecular weight excluding hydrogens is 480 g/mol. The van der Waals surface area contributed by atoms with Crippen LogP contribution in [0.15, 0.2) is 60.7 Å². The first-order valence-corrected chi connectivity index (χ1v) is 9.74. The molecule has 14 heteroatoms. The molecule has 0 aliphatic rings. The van der Waals surface area contributed by atoms with Crippen molar-refractivity contribution in [3.05, 3.63) is 103 Å². The molecule has 0 unspecified atom stereocenters. The van der Waals surface area contributed by atoms with E-state index >= 15 is 0 Å². The highest BCUT2D eigenvalue weighted by Gasteiger charge is 2.20. The van der Waals surface area contributed by atoms with E-state index in [1.54, 1.807) is 0 Å². The maximum absolute atomic E-state index is 12.5. The Morgan fingerprint density at radius 2 is 0.944 bits per heavy atom. The van der Waals surface area contributed by atoms with Crippen LogP contribution in [0.3, 0.4) is 0 Å². The van der Waals surface area contributed by atoms with Crippen LogP contribution in [0.4, 0.5) is 22.7 Å². The Hall–Kier alpha value is -5.66. The number of non-ortho nitro benzene ring substituents is 2. The van der Waals surface area contributed by atoms with Gasteiger partial charge >= 0.3 is 11.9 Å². The van der Waals surface area contributed by atoms with Crippen molar-refractivity contribution in [2.24, 2.45) is 0 Å². The second kappa shape index (κ2) is 10.1. The molecule has 0 aromatic heterocycles. The van der Waals surface area contributed by atoms with Crippen LogP contribution >= 0.6 is 0 Å². The lowest BCUT2D eigenvalue weighted by atomic mass is 10.1. The third kappa shape index (κ3) is 5.45. The minimum absolute atomic E-state index is 0.0165. The van der Waals surface area contributed by atoms with Crippen LogP contribution in [-0.2, 0) is 0 Å². The Morgan fingerprint density at radius 3 is 1.22 bits per heavy atom. The Kier molecular flexibility index (Phi) is 7.00. The van der Waals surface area contributed by atoms with Crippen molar-refractivity contribution in [3.8, 4) is 0 Å². The number of hydrogen-bond acceptors (Lipinski definition) is 8. The summed E-state index contributed by atoms with van der Waals surface area (Å²) in [5.41, 5.74) is -2.26. The fraction of sp³-hybridized carbons (Fsp3) is 0. The van der Waals surface area contributed by atoms with Gasteiger partial charge in [0, 0.05) is 35.4 Å². The molecule has 0 bridgehead atoms. The van der Waals surface area contributed by atoms with Gasteiger partial charge in [0.15, 0.2) is 0 Å². The first-order valence-electron chi connectivity index (χ1n) is 9.74. The number of carboxylic acid groups (broad SMARTS) is 2. The molecule has 0 saturated heterocycles. The number of nitrogens with one attached hydrogen (secondary N) is 2. The summed E-state index contributed by atoms with van der Waals surface area (Å²) >= 11 is 0. The second-order valence-corrected chi connectivity index (χ2v) is 7.07. The number of rotatable bonds is 8. The standard InChI is InChI=1S/C22H14N4O10/c27-19(23-17-7-5-13(25(33)34)9-15(17)21(29)30)11-1-2-12(4-3-11)20(28)24-18-8-6-14(26(35)36)10-16(18)22(31)32/h1-10H,(H,23,27)(H,24,28)(H,29,30)(H,31,32). The van der Waals surface area contributed by atoms with Crippen molar-refractivity contribution in [1.82, 2.24) is 0 Å². The zero-order valence-corrected chi connectivity index (χ0v) is 17.8. The number of anilines is 2. The molecule has 0 aliphatic carbocycles. The number of carboxylic acids is 2. The second-order valence-electron chi connectivity index (χ2n) is 7.07. The number of amides is 2. The van der Waals surface area contributed by atoms with Crippen LogP contribution in [0.2, 0.25) is 0 Å². The highest BCUT2D eigenvalue weighted by molar-refractivity contribution is 6.10. The summed E-state index contributed by atoms with van der Waals surface area (Å²) in [6.07, 6.45) is 0. The van der Waals surface area contributed by atoms with Crippen LogP contribution < -0.4 is 10.6 Å². The molecule has 0 spiro atoms. The SMILES string of the molecule is O=C(Nc1ccc([N+](=O)[O-])cc1C(=O)O)c1ccc(C(=O)Nc2ccc([N+](=O)[O-])cc2C(=O)O)cc1. The highest BCUT2D eigenvalue weighted by atomic mass is 16.6. The van der Waals surface area contributed by atoms with E-state index in [4.69, 9.17) is 0 Å². The highest BCUT2D eigenvalue weighted by Crippen LogP contribution is 2.24. The average molecular weight is 494 g/mol. The summed E-state index contributed by atoms with van der Waals surface area (Å²) in [6, 6.07) is 10.8. The maximum Gasteiger partial charge on any atom is 0.338 e. The number of carbonyl (C=O) groups is 4. The molecule has 0 radical (unpaired) electrons. The molecule has 3 aromatic carbocycles. The summed E-state index contributed by atoms with van der Waals surface area (Å²) < 4.78 is 0. The fourth-order valence-electron chi connectivity index (χ4n) is 3.03. The van der Waals surface area contributed by atoms with Gasteiger partial charge in [-0.1, -0.05) is 0 Å². The Morgan fingerprint density at radius 1 is 0.611 bits per heavy atom. The quantitative estimate of drug-likeness (QED) is 0.264. The van der Waals surface area contributed by atoms with Gasteiger partial charge in [-0.3, -0.25) is 29.8 Å². The predicted octanol–water partition coefficient (Wildman–Crippen LogP) is 3.40. The minimum Gasteiger partial charge on any atom is -0.478 e. The fourth-order valence-corrected chi connectivity index (χ4v) is 3.03. The largest absolute Gasteiger partial charge is 0.478 e. The van der Waals surface area contributed by atoms with Gasteiger partial charge in [0.25, 0.3) is 23.2 Å². The summed E-state index contributed by atoms with van der Waals surface area (Å²) in [5, 5.41) is 45.0. The average Bonchev–Trinajstić information content (AvgIpc) is 2.83. The molecule has 3 rings (SSSR count). The number of aromatic carboxylic acids is 2.